The van der Waals surface area contributed by atoms with Crippen molar-refractivity contribution in [2.75, 3.05) is 6.61 Å². The summed E-state index contributed by atoms with van der Waals surface area (Å²) in [6.45, 7) is 3.91. The molecule has 8 heteroatoms. The fourth-order valence-electron chi connectivity index (χ4n) is 3.69. The summed E-state index contributed by atoms with van der Waals surface area (Å²) in [5, 5.41) is 26.8. The number of thioether (sulfide) groups is 1. The van der Waals surface area contributed by atoms with Crippen molar-refractivity contribution < 1.29 is 19.8 Å². The molecule has 1 saturated heterocycles. The van der Waals surface area contributed by atoms with Crippen LogP contribution in [0.4, 0.5) is 0 Å². The number of carboxylic acids is 1. The number of aliphatic hydroxyl groups is 1. The number of carbonyl (C=O) groups excluding carboxylic acids is 1. The Hall–Kier alpha value is -1.93. The molecule has 1 fully saturated rings. The lowest BCUT2D eigenvalue weighted by Crippen LogP contribution is -2.60. The third kappa shape index (κ3) is 3.16. The van der Waals surface area contributed by atoms with E-state index >= 15 is 0 Å². The Morgan fingerprint density at radius 3 is 2.84 bits per heavy atom. The van der Waals surface area contributed by atoms with Gasteiger partial charge < -0.3 is 15.1 Å². The van der Waals surface area contributed by atoms with Crippen LogP contribution in [0.15, 0.2) is 28.9 Å². The predicted molar refractivity (Wildman–Crippen MR) is 92.4 cm³/mol. The summed E-state index contributed by atoms with van der Waals surface area (Å²) < 4.78 is 0. The van der Waals surface area contributed by atoms with Crippen LogP contribution in [0, 0.1) is 11.8 Å². The molecule has 134 valence electrons. The molecule has 25 heavy (non-hydrogen) atoms. The largest absolute Gasteiger partial charge is 0.477 e. The fraction of sp³-hybridized carbons (Fsp3) is 0.529. The van der Waals surface area contributed by atoms with Gasteiger partial charge in [0.2, 0.25) is 5.91 Å². The van der Waals surface area contributed by atoms with Crippen molar-refractivity contribution in [3.63, 3.8) is 0 Å². The molecule has 0 bridgehead atoms. The minimum atomic E-state index is -1.07. The van der Waals surface area contributed by atoms with Gasteiger partial charge in [0, 0.05) is 35.3 Å². The average molecular weight is 363 g/mol. The quantitative estimate of drug-likeness (QED) is 0.704. The minimum Gasteiger partial charge on any atom is -0.477 e. The molecule has 4 atom stereocenters. The second-order valence-electron chi connectivity index (χ2n) is 6.47. The van der Waals surface area contributed by atoms with Gasteiger partial charge in [-0.2, -0.15) is 10.2 Å². The van der Waals surface area contributed by atoms with Crippen molar-refractivity contribution in [1.82, 2.24) is 15.1 Å². The number of rotatable bonds is 7. The maximum atomic E-state index is 12.3. The van der Waals surface area contributed by atoms with Crippen LogP contribution in [0.5, 0.6) is 0 Å². The van der Waals surface area contributed by atoms with E-state index in [4.69, 9.17) is 5.11 Å². The zero-order valence-electron chi connectivity index (χ0n) is 14.1. The van der Waals surface area contributed by atoms with E-state index in [9.17, 15) is 14.7 Å². The van der Waals surface area contributed by atoms with Gasteiger partial charge in [0.1, 0.15) is 5.70 Å². The van der Waals surface area contributed by atoms with E-state index < -0.39 is 5.97 Å². The first-order chi connectivity index (χ1) is 12.0. The fourth-order valence-corrected chi connectivity index (χ4v) is 5.03. The monoisotopic (exact) mass is 363 g/mol. The van der Waals surface area contributed by atoms with Gasteiger partial charge in [-0.15, -0.1) is 11.8 Å². The van der Waals surface area contributed by atoms with Crippen LogP contribution < -0.4 is 0 Å². The first kappa shape index (κ1) is 17.9. The van der Waals surface area contributed by atoms with Crippen molar-refractivity contribution in [2.24, 2.45) is 11.8 Å². The maximum absolute atomic E-state index is 12.3. The van der Waals surface area contributed by atoms with Crippen LogP contribution in [0.25, 0.3) is 0 Å². The predicted octanol–water partition coefficient (Wildman–Crippen LogP) is 1.30. The van der Waals surface area contributed by atoms with Crippen molar-refractivity contribution in [2.45, 2.75) is 38.0 Å². The molecule has 0 aliphatic carbocycles. The van der Waals surface area contributed by atoms with Crippen LogP contribution in [0.2, 0.25) is 0 Å². The van der Waals surface area contributed by atoms with E-state index in [1.54, 1.807) is 6.20 Å². The number of amides is 1. The SMILES string of the molecule is C[C@H](Cc1cccnn1)SC1=C(C(=O)O)N2C(=O)[C@H](CCO)[C@@H]2[C@H]1C. The van der Waals surface area contributed by atoms with Gasteiger partial charge in [0.25, 0.3) is 0 Å². The Bertz CT molecular complexity index is 709. The van der Waals surface area contributed by atoms with E-state index in [-0.39, 0.29) is 41.3 Å². The van der Waals surface area contributed by atoms with E-state index in [0.717, 1.165) is 10.6 Å². The highest BCUT2D eigenvalue weighted by Gasteiger charge is 2.58. The van der Waals surface area contributed by atoms with E-state index in [1.807, 2.05) is 26.0 Å². The summed E-state index contributed by atoms with van der Waals surface area (Å²) in [6, 6.07) is 3.56. The molecule has 3 rings (SSSR count). The molecule has 0 aromatic carbocycles. The molecule has 2 aliphatic heterocycles. The highest BCUT2D eigenvalue weighted by molar-refractivity contribution is 8.03. The summed E-state index contributed by atoms with van der Waals surface area (Å²) in [6.07, 6.45) is 2.66. The topological polar surface area (TPSA) is 104 Å². The van der Waals surface area contributed by atoms with Gasteiger partial charge >= 0.3 is 5.97 Å². The van der Waals surface area contributed by atoms with Gasteiger partial charge in [-0.3, -0.25) is 4.79 Å². The summed E-state index contributed by atoms with van der Waals surface area (Å²) in [7, 11) is 0. The number of aliphatic hydroxyl groups excluding tert-OH is 1. The number of aromatic nitrogens is 2. The Kier molecular flexibility index (Phi) is 5.10. The average Bonchev–Trinajstić information content (AvgIpc) is 2.83. The highest BCUT2D eigenvalue weighted by Crippen LogP contribution is 2.51. The van der Waals surface area contributed by atoms with Crippen LogP contribution in [-0.4, -0.2) is 55.1 Å². The normalized spacial score (nSPS) is 26.4. The molecule has 1 aromatic rings. The molecule has 2 N–H and O–H groups in total. The van der Waals surface area contributed by atoms with Crippen molar-refractivity contribution >= 4 is 23.6 Å². The first-order valence-electron chi connectivity index (χ1n) is 8.30. The van der Waals surface area contributed by atoms with E-state index in [0.29, 0.717) is 12.8 Å². The number of β-lactam (4-membered cyclic amide) rings is 1. The number of hydrogen-bond donors (Lipinski definition) is 2. The third-order valence-electron chi connectivity index (χ3n) is 4.76. The van der Waals surface area contributed by atoms with Gasteiger partial charge in [-0.05, 0) is 18.6 Å². The van der Waals surface area contributed by atoms with Gasteiger partial charge in [-0.25, -0.2) is 4.79 Å². The first-order valence-corrected chi connectivity index (χ1v) is 9.18. The highest BCUT2D eigenvalue weighted by atomic mass is 32.2. The van der Waals surface area contributed by atoms with Crippen LogP contribution in [0.1, 0.15) is 26.0 Å². The Morgan fingerprint density at radius 2 is 2.24 bits per heavy atom. The number of carboxylic acid groups (broad SMARTS) is 1. The molecule has 1 aromatic heterocycles. The second kappa shape index (κ2) is 7.13. The minimum absolute atomic E-state index is 0.0466. The molecular formula is C17H21N3O4S. The second-order valence-corrected chi connectivity index (χ2v) is 7.95. The molecule has 0 radical (unpaired) electrons. The maximum Gasteiger partial charge on any atom is 0.353 e. The molecule has 7 nitrogen and oxygen atoms in total. The molecular weight excluding hydrogens is 342 g/mol. The molecule has 0 unspecified atom stereocenters. The summed E-state index contributed by atoms with van der Waals surface area (Å²) >= 11 is 1.49. The Balaban J connectivity index is 1.79. The van der Waals surface area contributed by atoms with E-state index in [1.165, 1.54) is 16.7 Å². The van der Waals surface area contributed by atoms with Crippen LogP contribution in [-0.2, 0) is 16.0 Å². The lowest BCUT2D eigenvalue weighted by molar-refractivity contribution is -0.157. The number of carbonyl (C=O) groups is 2. The Labute approximate surface area is 150 Å². The summed E-state index contributed by atoms with van der Waals surface area (Å²) in [4.78, 5) is 26.2. The van der Waals surface area contributed by atoms with Crippen molar-refractivity contribution in [3.8, 4) is 0 Å². The Morgan fingerprint density at radius 1 is 1.48 bits per heavy atom. The zero-order chi connectivity index (χ0) is 18.1. The molecule has 2 aliphatic rings. The molecule has 0 saturated carbocycles. The lowest BCUT2D eigenvalue weighted by Gasteiger charge is -2.45. The van der Waals surface area contributed by atoms with Gasteiger partial charge in [0.15, 0.2) is 0 Å². The number of hydrogen-bond acceptors (Lipinski definition) is 6. The van der Waals surface area contributed by atoms with Crippen molar-refractivity contribution in [3.05, 3.63) is 34.6 Å². The summed E-state index contributed by atoms with van der Waals surface area (Å²) in [5.41, 5.74) is 0.954. The number of fused-ring (bicyclic) bond motifs is 1. The number of aliphatic carboxylic acids is 1. The summed E-state index contributed by atoms with van der Waals surface area (Å²) in [5.74, 6) is -1.60. The van der Waals surface area contributed by atoms with Crippen molar-refractivity contribution in [1.29, 1.82) is 0 Å². The lowest BCUT2D eigenvalue weighted by atomic mass is 9.80. The van der Waals surface area contributed by atoms with Crippen LogP contribution in [0.3, 0.4) is 0 Å². The molecule has 1 amide bonds. The number of nitrogens with zero attached hydrogens (tertiary/aromatic N) is 3. The zero-order valence-corrected chi connectivity index (χ0v) is 14.9. The smallest absolute Gasteiger partial charge is 0.353 e. The van der Waals surface area contributed by atoms with Gasteiger partial charge in [0.05, 0.1) is 17.7 Å². The molecule has 0 spiro atoms. The van der Waals surface area contributed by atoms with E-state index in [2.05, 4.69) is 10.2 Å². The third-order valence-corrected chi connectivity index (χ3v) is 6.15. The van der Waals surface area contributed by atoms with Crippen LogP contribution >= 0.6 is 11.8 Å². The molecule has 3 heterocycles. The standard InChI is InChI=1S/C17H21N3O4S/c1-9(8-11-4-3-6-18-19-11)25-15-10(2)13-12(5-7-21)16(22)20(13)14(15)17(23)24/h3-4,6,9-10,12-13,21H,5,7-8H2,1-2H3,(H,23,24)/t9-,10-,12-,13+/m1/s1. The van der Waals surface area contributed by atoms with Gasteiger partial charge in [-0.1, -0.05) is 13.8 Å².